The molecule has 0 radical (unpaired) electrons. The van der Waals surface area contributed by atoms with E-state index in [4.69, 9.17) is 25.8 Å². The summed E-state index contributed by atoms with van der Waals surface area (Å²) in [6.45, 7) is 3.83. The lowest BCUT2D eigenvalue weighted by molar-refractivity contribution is 0.0366. The number of carbonyl (C=O) groups excluding carboxylic acids is 1. The third-order valence-corrected chi connectivity index (χ3v) is 4.84. The van der Waals surface area contributed by atoms with Gasteiger partial charge in [-0.05, 0) is 56.3 Å². The standard InChI is InChI=1S/C23H21ClN2O4/c1-13(2)29-23(27)22-18(12-28-3)21-17-10-16(30-15-6-4-14(24)5-7-15)8-9-19(17)26-20(21)11-25-22/h4-11,13,26H,12H2,1-3H3. The van der Waals surface area contributed by atoms with E-state index in [9.17, 15) is 4.79 Å². The van der Waals surface area contributed by atoms with Crippen LogP contribution < -0.4 is 4.74 Å². The molecule has 0 fully saturated rings. The van der Waals surface area contributed by atoms with Crippen LogP contribution in [0.3, 0.4) is 0 Å². The quantitative estimate of drug-likeness (QED) is 0.391. The minimum Gasteiger partial charge on any atom is -0.458 e. The van der Waals surface area contributed by atoms with Gasteiger partial charge in [-0.15, -0.1) is 0 Å². The molecule has 4 aromatic rings. The van der Waals surface area contributed by atoms with Crippen molar-refractivity contribution in [2.45, 2.75) is 26.6 Å². The summed E-state index contributed by atoms with van der Waals surface area (Å²) >= 11 is 5.95. The molecule has 2 heterocycles. The van der Waals surface area contributed by atoms with Crippen molar-refractivity contribution < 1.29 is 19.0 Å². The number of benzene rings is 2. The molecule has 0 aliphatic heterocycles. The van der Waals surface area contributed by atoms with Crippen molar-refractivity contribution in [1.82, 2.24) is 9.97 Å². The lowest BCUT2D eigenvalue weighted by Crippen LogP contribution is -2.15. The van der Waals surface area contributed by atoms with Crippen molar-refractivity contribution in [3.8, 4) is 11.5 Å². The van der Waals surface area contributed by atoms with Gasteiger partial charge in [0.05, 0.1) is 24.4 Å². The van der Waals surface area contributed by atoms with Crippen LogP contribution in [-0.4, -0.2) is 29.2 Å². The van der Waals surface area contributed by atoms with Crippen LogP contribution in [0.15, 0.2) is 48.7 Å². The summed E-state index contributed by atoms with van der Waals surface area (Å²) in [4.78, 5) is 20.3. The Morgan fingerprint density at radius 1 is 1.10 bits per heavy atom. The van der Waals surface area contributed by atoms with Gasteiger partial charge in [0.1, 0.15) is 11.5 Å². The Morgan fingerprint density at radius 3 is 2.53 bits per heavy atom. The van der Waals surface area contributed by atoms with Gasteiger partial charge in [0, 0.05) is 34.0 Å². The number of rotatable bonds is 6. The first-order chi connectivity index (χ1) is 14.5. The molecule has 154 valence electrons. The number of aromatic nitrogens is 2. The van der Waals surface area contributed by atoms with Crippen molar-refractivity contribution in [2.24, 2.45) is 0 Å². The van der Waals surface area contributed by atoms with Crippen LogP contribution >= 0.6 is 11.6 Å². The smallest absolute Gasteiger partial charge is 0.357 e. The Labute approximate surface area is 178 Å². The van der Waals surface area contributed by atoms with Gasteiger partial charge in [0.25, 0.3) is 0 Å². The van der Waals surface area contributed by atoms with E-state index < -0.39 is 5.97 Å². The molecule has 0 unspecified atom stereocenters. The number of ether oxygens (including phenoxy) is 3. The summed E-state index contributed by atoms with van der Waals surface area (Å²) in [5.41, 5.74) is 2.64. The fourth-order valence-corrected chi connectivity index (χ4v) is 3.50. The molecule has 0 saturated carbocycles. The Balaban J connectivity index is 1.84. The summed E-state index contributed by atoms with van der Waals surface area (Å²) < 4.78 is 16.7. The van der Waals surface area contributed by atoms with Crippen LogP contribution in [0.25, 0.3) is 21.8 Å². The van der Waals surface area contributed by atoms with Crippen LogP contribution in [0.4, 0.5) is 0 Å². The zero-order valence-electron chi connectivity index (χ0n) is 16.9. The molecule has 0 atom stereocenters. The van der Waals surface area contributed by atoms with Gasteiger partial charge >= 0.3 is 5.97 Å². The number of H-pyrrole nitrogens is 1. The number of carbonyl (C=O) groups is 1. The van der Waals surface area contributed by atoms with Crippen molar-refractivity contribution in [2.75, 3.05) is 7.11 Å². The monoisotopic (exact) mass is 424 g/mol. The number of pyridine rings is 1. The maximum Gasteiger partial charge on any atom is 0.357 e. The van der Waals surface area contributed by atoms with E-state index in [2.05, 4.69) is 9.97 Å². The molecular formula is C23H21ClN2O4. The van der Waals surface area contributed by atoms with Crippen LogP contribution in [0.1, 0.15) is 29.9 Å². The van der Waals surface area contributed by atoms with E-state index in [1.165, 1.54) is 0 Å². The maximum atomic E-state index is 12.6. The van der Waals surface area contributed by atoms with Crippen molar-refractivity contribution in [3.63, 3.8) is 0 Å². The first kappa shape index (κ1) is 20.2. The summed E-state index contributed by atoms with van der Waals surface area (Å²) in [6, 6.07) is 12.9. The number of halogens is 1. The molecule has 2 aromatic carbocycles. The fourth-order valence-electron chi connectivity index (χ4n) is 3.37. The Morgan fingerprint density at radius 2 is 1.83 bits per heavy atom. The Bertz CT molecular complexity index is 1220. The van der Waals surface area contributed by atoms with E-state index in [0.717, 1.165) is 21.8 Å². The molecule has 30 heavy (non-hydrogen) atoms. The second kappa shape index (κ2) is 8.34. The van der Waals surface area contributed by atoms with Crippen LogP contribution in [0, 0.1) is 0 Å². The first-order valence-corrected chi connectivity index (χ1v) is 9.90. The average Bonchev–Trinajstić information content (AvgIpc) is 3.08. The summed E-state index contributed by atoms with van der Waals surface area (Å²) in [5, 5.41) is 2.41. The first-order valence-electron chi connectivity index (χ1n) is 9.53. The molecule has 0 aliphatic carbocycles. The zero-order chi connectivity index (χ0) is 21.3. The number of hydrogen-bond donors (Lipinski definition) is 1. The van der Waals surface area contributed by atoms with Gasteiger partial charge in [-0.2, -0.15) is 0 Å². The number of aromatic amines is 1. The number of hydrogen-bond acceptors (Lipinski definition) is 5. The highest BCUT2D eigenvalue weighted by molar-refractivity contribution is 6.30. The van der Waals surface area contributed by atoms with E-state index in [1.54, 1.807) is 39.3 Å². The second-order valence-electron chi connectivity index (χ2n) is 7.15. The van der Waals surface area contributed by atoms with Crippen molar-refractivity contribution in [1.29, 1.82) is 0 Å². The zero-order valence-corrected chi connectivity index (χ0v) is 17.6. The molecule has 0 bridgehead atoms. The maximum absolute atomic E-state index is 12.6. The fraction of sp³-hybridized carbons (Fsp3) is 0.217. The average molecular weight is 425 g/mol. The Kier molecular flexibility index (Phi) is 5.61. The normalized spacial score (nSPS) is 11.4. The van der Waals surface area contributed by atoms with Gasteiger partial charge < -0.3 is 19.2 Å². The van der Waals surface area contributed by atoms with Crippen LogP contribution in [-0.2, 0) is 16.1 Å². The minimum absolute atomic E-state index is 0.224. The lowest BCUT2D eigenvalue weighted by atomic mass is 10.1. The predicted octanol–water partition coefficient (Wildman–Crippen LogP) is 5.87. The van der Waals surface area contributed by atoms with Gasteiger partial charge in [-0.3, -0.25) is 0 Å². The molecule has 0 amide bonds. The topological polar surface area (TPSA) is 73.4 Å². The number of methoxy groups -OCH3 is 1. The third kappa shape index (κ3) is 3.97. The summed E-state index contributed by atoms with van der Waals surface area (Å²) in [7, 11) is 1.58. The predicted molar refractivity (Wildman–Crippen MR) is 116 cm³/mol. The molecular weight excluding hydrogens is 404 g/mol. The number of esters is 1. The molecule has 0 saturated heterocycles. The van der Waals surface area contributed by atoms with Gasteiger partial charge in [0.15, 0.2) is 5.69 Å². The SMILES string of the molecule is COCc1c(C(=O)OC(C)C)ncc2[nH]c3ccc(Oc4ccc(Cl)cc4)cc3c12. The molecule has 2 aromatic heterocycles. The minimum atomic E-state index is -0.470. The van der Waals surface area contributed by atoms with E-state index in [1.807, 2.05) is 30.3 Å². The van der Waals surface area contributed by atoms with Crippen molar-refractivity contribution >= 4 is 39.4 Å². The van der Waals surface area contributed by atoms with Crippen molar-refractivity contribution in [3.05, 3.63) is 64.9 Å². The number of fused-ring (bicyclic) bond motifs is 3. The Hall–Kier alpha value is -3.09. The second-order valence-corrected chi connectivity index (χ2v) is 7.59. The summed E-state index contributed by atoms with van der Waals surface area (Å²) in [5.74, 6) is 0.873. The molecule has 0 spiro atoms. The highest BCUT2D eigenvalue weighted by Gasteiger charge is 2.21. The van der Waals surface area contributed by atoms with Gasteiger partial charge in [-0.1, -0.05) is 11.6 Å². The molecule has 7 heteroatoms. The summed E-state index contributed by atoms with van der Waals surface area (Å²) in [6.07, 6.45) is 1.40. The van der Waals surface area contributed by atoms with Crippen LogP contribution in [0.2, 0.25) is 5.02 Å². The molecule has 4 rings (SSSR count). The largest absolute Gasteiger partial charge is 0.458 e. The van der Waals surface area contributed by atoms with Gasteiger partial charge in [-0.25, -0.2) is 9.78 Å². The van der Waals surface area contributed by atoms with E-state index >= 15 is 0 Å². The number of nitrogens with zero attached hydrogens (tertiary/aromatic N) is 1. The number of nitrogens with one attached hydrogen (secondary N) is 1. The molecule has 6 nitrogen and oxygen atoms in total. The third-order valence-electron chi connectivity index (χ3n) is 4.58. The highest BCUT2D eigenvalue weighted by atomic mass is 35.5. The lowest BCUT2D eigenvalue weighted by Gasteiger charge is -2.12. The van der Waals surface area contributed by atoms with Gasteiger partial charge in [0.2, 0.25) is 0 Å². The highest BCUT2D eigenvalue weighted by Crippen LogP contribution is 2.34. The van der Waals surface area contributed by atoms with E-state index in [-0.39, 0.29) is 18.4 Å². The van der Waals surface area contributed by atoms with E-state index in [0.29, 0.717) is 22.1 Å². The molecule has 1 N–H and O–H groups in total. The van der Waals surface area contributed by atoms with Crippen LogP contribution in [0.5, 0.6) is 11.5 Å². The molecule has 0 aliphatic rings.